The van der Waals surface area contributed by atoms with Gasteiger partial charge in [0.05, 0.1) is 6.61 Å². The number of rotatable bonds is 5. The number of carbonyl (C=O) groups is 1. The van der Waals surface area contributed by atoms with Gasteiger partial charge in [0.25, 0.3) is 0 Å². The number of carbonyl (C=O) groups excluding carboxylic acids is 1. The predicted molar refractivity (Wildman–Crippen MR) is 48.4 cm³/mol. The Labute approximate surface area is 77.8 Å². The van der Waals surface area contributed by atoms with Crippen LogP contribution in [0.5, 0.6) is 0 Å². The number of nitrogens with zero attached hydrogens (tertiary/aromatic N) is 1. The molecule has 0 aromatic carbocycles. The maximum Gasteiger partial charge on any atom is 0.410 e. The van der Waals surface area contributed by atoms with Crippen LogP contribution in [0.15, 0.2) is 12.7 Å². The third kappa shape index (κ3) is 3.06. The van der Waals surface area contributed by atoms with Crippen LogP contribution in [-0.4, -0.2) is 41.9 Å². The minimum atomic E-state index is -0.351. The van der Waals surface area contributed by atoms with E-state index in [1.54, 1.807) is 11.0 Å². The third-order valence-electron chi connectivity index (χ3n) is 1.86. The highest BCUT2D eigenvalue weighted by Gasteiger charge is 2.32. The van der Waals surface area contributed by atoms with E-state index in [0.29, 0.717) is 12.6 Å². The fourth-order valence-electron chi connectivity index (χ4n) is 1.11. The van der Waals surface area contributed by atoms with Gasteiger partial charge in [0.2, 0.25) is 0 Å². The standard InChI is InChI=1S/C9H15NO3/c1-2-5-10(8-3-4-8)9(12)13-7-6-11/h2,8,11H,1,3-7H2. The van der Waals surface area contributed by atoms with Crippen LogP contribution in [0.2, 0.25) is 0 Å². The Morgan fingerprint density at radius 1 is 1.69 bits per heavy atom. The second-order valence-corrected chi connectivity index (χ2v) is 3.01. The molecule has 1 rings (SSSR count). The van der Waals surface area contributed by atoms with Crippen molar-refractivity contribution in [3.05, 3.63) is 12.7 Å². The van der Waals surface area contributed by atoms with Gasteiger partial charge in [-0.3, -0.25) is 0 Å². The summed E-state index contributed by atoms with van der Waals surface area (Å²) in [6, 6.07) is 0.323. The summed E-state index contributed by atoms with van der Waals surface area (Å²) in [6.07, 6.45) is 3.42. The number of aliphatic hydroxyl groups is 1. The number of hydrogen-bond acceptors (Lipinski definition) is 3. The Morgan fingerprint density at radius 2 is 2.38 bits per heavy atom. The third-order valence-corrected chi connectivity index (χ3v) is 1.86. The van der Waals surface area contributed by atoms with E-state index in [-0.39, 0.29) is 19.3 Å². The summed E-state index contributed by atoms with van der Waals surface area (Å²) in [5, 5.41) is 8.47. The first-order chi connectivity index (χ1) is 6.29. The normalized spacial score (nSPS) is 15.2. The van der Waals surface area contributed by atoms with E-state index >= 15 is 0 Å². The van der Waals surface area contributed by atoms with Gasteiger partial charge in [-0.25, -0.2) is 4.79 Å². The van der Waals surface area contributed by atoms with Crippen molar-refractivity contribution in [1.82, 2.24) is 4.90 Å². The lowest BCUT2D eigenvalue weighted by Crippen LogP contribution is -2.34. The smallest absolute Gasteiger partial charge is 0.410 e. The van der Waals surface area contributed by atoms with E-state index < -0.39 is 0 Å². The van der Waals surface area contributed by atoms with E-state index in [1.165, 1.54) is 0 Å². The van der Waals surface area contributed by atoms with E-state index in [0.717, 1.165) is 12.8 Å². The molecule has 0 saturated heterocycles. The molecular formula is C9H15NO3. The van der Waals surface area contributed by atoms with Crippen LogP contribution < -0.4 is 0 Å². The van der Waals surface area contributed by atoms with Gasteiger partial charge >= 0.3 is 6.09 Å². The van der Waals surface area contributed by atoms with Crippen molar-refractivity contribution in [3.63, 3.8) is 0 Å². The molecule has 0 aliphatic heterocycles. The maximum absolute atomic E-state index is 11.3. The zero-order valence-electron chi connectivity index (χ0n) is 7.61. The Morgan fingerprint density at radius 3 is 2.85 bits per heavy atom. The second kappa shape index (κ2) is 4.87. The number of ether oxygens (including phenoxy) is 1. The summed E-state index contributed by atoms with van der Waals surface area (Å²) < 4.78 is 4.80. The van der Waals surface area contributed by atoms with Crippen LogP contribution in [0, 0.1) is 0 Å². The SMILES string of the molecule is C=CCN(C(=O)OCCO)C1CC1. The summed E-state index contributed by atoms with van der Waals surface area (Å²) in [5.41, 5.74) is 0. The fourth-order valence-corrected chi connectivity index (χ4v) is 1.11. The van der Waals surface area contributed by atoms with Gasteiger partial charge in [0.15, 0.2) is 0 Å². The first-order valence-corrected chi connectivity index (χ1v) is 4.44. The molecule has 1 saturated carbocycles. The molecule has 0 radical (unpaired) electrons. The molecule has 1 aliphatic rings. The number of amides is 1. The maximum atomic E-state index is 11.3. The Kier molecular flexibility index (Phi) is 3.76. The van der Waals surface area contributed by atoms with Crippen molar-refractivity contribution in [3.8, 4) is 0 Å². The topological polar surface area (TPSA) is 49.8 Å². The molecule has 1 amide bonds. The van der Waals surface area contributed by atoms with Crippen LogP contribution in [-0.2, 0) is 4.74 Å². The molecule has 13 heavy (non-hydrogen) atoms. The van der Waals surface area contributed by atoms with E-state index in [2.05, 4.69) is 6.58 Å². The van der Waals surface area contributed by atoms with Gasteiger partial charge in [-0.05, 0) is 12.8 Å². The first-order valence-electron chi connectivity index (χ1n) is 4.44. The highest BCUT2D eigenvalue weighted by Crippen LogP contribution is 2.27. The Balaban J connectivity index is 2.33. The minimum absolute atomic E-state index is 0.0686. The zero-order chi connectivity index (χ0) is 9.68. The number of hydrogen-bond donors (Lipinski definition) is 1. The molecule has 4 heteroatoms. The summed E-state index contributed by atoms with van der Waals surface area (Å²) >= 11 is 0. The van der Waals surface area contributed by atoms with Crippen LogP contribution in [0.4, 0.5) is 4.79 Å². The molecular weight excluding hydrogens is 170 g/mol. The molecule has 0 spiro atoms. The highest BCUT2D eigenvalue weighted by atomic mass is 16.6. The zero-order valence-corrected chi connectivity index (χ0v) is 7.61. The van der Waals surface area contributed by atoms with Crippen molar-refractivity contribution in [1.29, 1.82) is 0 Å². The van der Waals surface area contributed by atoms with Crippen molar-refractivity contribution in [2.75, 3.05) is 19.8 Å². The van der Waals surface area contributed by atoms with Crippen LogP contribution in [0.3, 0.4) is 0 Å². The molecule has 74 valence electrons. The summed E-state index contributed by atoms with van der Waals surface area (Å²) in [5.74, 6) is 0. The first kappa shape index (κ1) is 10.1. The molecule has 1 fully saturated rings. The fraction of sp³-hybridized carbons (Fsp3) is 0.667. The molecule has 0 atom stereocenters. The minimum Gasteiger partial charge on any atom is -0.447 e. The quantitative estimate of drug-likeness (QED) is 0.643. The molecule has 1 aliphatic carbocycles. The largest absolute Gasteiger partial charge is 0.447 e. The lowest BCUT2D eigenvalue weighted by Gasteiger charge is -2.19. The highest BCUT2D eigenvalue weighted by molar-refractivity contribution is 5.68. The van der Waals surface area contributed by atoms with Crippen molar-refractivity contribution in [2.45, 2.75) is 18.9 Å². The van der Waals surface area contributed by atoms with Crippen molar-refractivity contribution >= 4 is 6.09 Å². The monoisotopic (exact) mass is 185 g/mol. The molecule has 1 N–H and O–H groups in total. The van der Waals surface area contributed by atoms with E-state index in [1.807, 2.05) is 0 Å². The molecule has 0 aromatic heterocycles. The van der Waals surface area contributed by atoms with Gasteiger partial charge in [0.1, 0.15) is 6.61 Å². The summed E-state index contributed by atoms with van der Waals surface area (Å²) in [6.45, 7) is 4.04. The van der Waals surface area contributed by atoms with Crippen LogP contribution in [0.1, 0.15) is 12.8 Å². The average Bonchev–Trinajstić information content (AvgIpc) is 2.93. The van der Waals surface area contributed by atoms with E-state index in [4.69, 9.17) is 9.84 Å². The van der Waals surface area contributed by atoms with E-state index in [9.17, 15) is 4.79 Å². The van der Waals surface area contributed by atoms with Crippen molar-refractivity contribution in [2.24, 2.45) is 0 Å². The van der Waals surface area contributed by atoms with Crippen molar-refractivity contribution < 1.29 is 14.6 Å². The molecule has 0 unspecified atom stereocenters. The summed E-state index contributed by atoms with van der Waals surface area (Å²) in [7, 11) is 0. The lowest BCUT2D eigenvalue weighted by molar-refractivity contribution is 0.0854. The lowest BCUT2D eigenvalue weighted by atomic mass is 10.5. The molecule has 0 bridgehead atoms. The van der Waals surface area contributed by atoms with Crippen LogP contribution in [0.25, 0.3) is 0 Å². The average molecular weight is 185 g/mol. The van der Waals surface area contributed by atoms with Crippen LogP contribution >= 0.6 is 0 Å². The van der Waals surface area contributed by atoms with Gasteiger partial charge in [0, 0.05) is 12.6 Å². The molecule has 0 aromatic rings. The van der Waals surface area contributed by atoms with Gasteiger partial charge in [-0.2, -0.15) is 0 Å². The molecule has 4 nitrogen and oxygen atoms in total. The molecule has 0 heterocycles. The number of aliphatic hydroxyl groups excluding tert-OH is 1. The Bertz CT molecular complexity index is 189. The second-order valence-electron chi connectivity index (χ2n) is 3.01. The van der Waals surface area contributed by atoms with Gasteiger partial charge in [-0.1, -0.05) is 6.08 Å². The predicted octanol–water partition coefficient (Wildman–Crippen LogP) is 0.766. The summed E-state index contributed by atoms with van der Waals surface area (Å²) in [4.78, 5) is 13.0. The Hall–Kier alpha value is -1.03. The van der Waals surface area contributed by atoms with Gasteiger partial charge < -0.3 is 14.7 Å². The van der Waals surface area contributed by atoms with Gasteiger partial charge in [-0.15, -0.1) is 6.58 Å².